The van der Waals surface area contributed by atoms with Crippen molar-refractivity contribution in [2.45, 2.75) is 25.9 Å². The average molecular weight is 271 g/mol. The lowest BCUT2D eigenvalue weighted by molar-refractivity contribution is -0.139. The Bertz CT molecular complexity index is 449. The lowest BCUT2D eigenvalue weighted by Gasteiger charge is -2.17. The fraction of sp³-hybridized carbons (Fsp3) is 0.333. The van der Waals surface area contributed by atoms with Crippen molar-refractivity contribution in [3.63, 3.8) is 0 Å². The number of benzene rings is 1. The molecule has 0 radical (unpaired) electrons. The van der Waals surface area contributed by atoms with E-state index in [1.54, 1.807) is 38.1 Å². The standard InChI is InChI=1S/C12H15ClN2O3/c1-7(2)14-12(18)15-10(11(16)17)8-5-3-4-6-9(8)13/h3-7,10H,1-2H3,(H,16,17)(H2,14,15,18)/t10-/m1/s1. The monoisotopic (exact) mass is 270 g/mol. The molecular formula is C12H15ClN2O3. The highest BCUT2D eigenvalue weighted by Crippen LogP contribution is 2.22. The maximum Gasteiger partial charge on any atom is 0.331 e. The molecule has 0 saturated heterocycles. The molecule has 0 heterocycles. The van der Waals surface area contributed by atoms with Gasteiger partial charge < -0.3 is 15.7 Å². The van der Waals surface area contributed by atoms with Crippen LogP contribution in [0, 0.1) is 0 Å². The molecule has 0 fully saturated rings. The molecule has 18 heavy (non-hydrogen) atoms. The lowest BCUT2D eigenvalue weighted by Crippen LogP contribution is -2.43. The molecule has 0 bridgehead atoms. The van der Waals surface area contributed by atoms with Crippen LogP contribution in [-0.2, 0) is 4.79 Å². The molecule has 0 aliphatic rings. The van der Waals surface area contributed by atoms with Gasteiger partial charge in [0, 0.05) is 16.6 Å². The van der Waals surface area contributed by atoms with Crippen LogP contribution >= 0.6 is 11.6 Å². The Labute approximate surface area is 110 Å². The van der Waals surface area contributed by atoms with Crippen LogP contribution in [-0.4, -0.2) is 23.1 Å². The molecule has 1 aromatic carbocycles. The molecule has 0 aliphatic heterocycles. The first-order valence-corrected chi connectivity index (χ1v) is 5.84. The van der Waals surface area contributed by atoms with Gasteiger partial charge in [-0.05, 0) is 19.9 Å². The predicted octanol–water partition coefficient (Wildman–Crippen LogP) is 2.17. The summed E-state index contributed by atoms with van der Waals surface area (Å²) in [7, 11) is 0. The minimum absolute atomic E-state index is 0.0781. The van der Waals surface area contributed by atoms with Crippen LogP contribution < -0.4 is 10.6 Å². The van der Waals surface area contributed by atoms with Gasteiger partial charge in [0.05, 0.1) is 0 Å². The fourth-order valence-electron chi connectivity index (χ4n) is 1.42. The molecule has 0 spiro atoms. The quantitative estimate of drug-likeness (QED) is 0.785. The van der Waals surface area contributed by atoms with Crippen molar-refractivity contribution < 1.29 is 14.7 Å². The third-order valence-electron chi connectivity index (χ3n) is 2.16. The van der Waals surface area contributed by atoms with E-state index in [-0.39, 0.29) is 6.04 Å². The summed E-state index contributed by atoms with van der Waals surface area (Å²) in [5.74, 6) is -1.16. The number of carbonyl (C=O) groups excluding carboxylic acids is 1. The summed E-state index contributed by atoms with van der Waals surface area (Å²) < 4.78 is 0. The number of carboxylic acid groups (broad SMARTS) is 1. The van der Waals surface area contributed by atoms with Gasteiger partial charge in [0.2, 0.25) is 0 Å². The number of hydrogen-bond donors (Lipinski definition) is 3. The summed E-state index contributed by atoms with van der Waals surface area (Å²) in [5.41, 5.74) is 0.352. The topological polar surface area (TPSA) is 78.4 Å². The molecule has 1 aromatic rings. The first kappa shape index (κ1) is 14.3. The number of hydrogen-bond acceptors (Lipinski definition) is 2. The molecule has 0 saturated carbocycles. The van der Waals surface area contributed by atoms with Gasteiger partial charge in [-0.2, -0.15) is 0 Å². The van der Waals surface area contributed by atoms with Crippen LogP contribution in [0.4, 0.5) is 4.79 Å². The van der Waals surface area contributed by atoms with Gasteiger partial charge >= 0.3 is 12.0 Å². The van der Waals surface area contributed by atoms with E-state index in [0.717, 1.165) is 0 Å². The summed E-state index contributed by atoms with van der Waals surface area (Å²) in [5, 5.41) is 14.4. The predicted molar refractivity (Wildman–Crippen MR) is 68.6 cm³/mol. The smallest absolute Gasteiger partial charge is 0.331 e. The zero-order chi connectivity index (χ0) is 13.7. The molecule has 98 valence electrons. The Kier molecular flexibility index (Phi) is 4.97. The maximum atomic E-state index is 11.5. The summed E-state index contributed by atoms with van der Waals surface area (Å²) in [6, 6.07) is 4.71. The second-order valence-electron chi connectivity index (χ2n) is 4.07. The zero-order valence-electron chi connectivity index (χ0n) is 10.1. The second kappa shape index (κ2) is 6.26. The minimum Gasteiger partial charge on any atom is -0.479 e. The van der Waals surface area contributed by atoms with Crippen molar-refractivity contribution in [3.8, 4) is 0 Å². The van der Waals surface area contributed by atoms with Crippen molar-refractivity contribution in [2.24, 2.45) is 0 Å². The highest BCUT2D eigenvalue weighted by molar-refractivity contribution is 6.31. The van der Waals surface area contributed by atoms with Crippen molar-refractivity contribution in [1.82, 2.24) is 10.6 Å². The second-order valence-corrected chi connectivity index (χ2v) is 4.47. The number of amides is 2. The van der Waals surface area contributed by atoms with E-state index in [0.29, 0.717) is 10.6 Å². The molecule has 5 nitrogen and oxygen atoms in total. The number of rotatable bonds is 4. The number of carbonyl (C=O) groups is 2. The van der Waals surface area contributed by atoms with E-state index in [2.05, 4.69) is 10.6 Å². The third-order valence-corrected chi connectivity index (χ3v) is 2.50. The Balaban J connectivity index is 2.88. The van der Waals surface area contributed by atoms with E-state index >= 15 is 0 Å². The minimum atomic E-state index is -1.17. The Morgan fingerprint density at radius 3 is 2.33 bits per heavy atom. The summed E-state index contributed by atoms with van der Waals surface area (Å²) in [6.07, 6.45) is 0. The van der Waals surface area contributed by atoms with Crippen LogP contribution in [0.2, 0.25) is 5.02 Å². The van der Waals surface area contributed by atoms with E-state index in [4.69, 9.17) is 16.7 Å². The van der Waals surface area contributed by atoms with Gasteiger partial charge in [-0.15, -0.1) is 0 Å². The van der Waals surface area contributed by atoms with Gasteiger partial charge in [-0.1, -0.05) is 29.8 Å². The van der Waals surface area contributed by atoms with Crippen molar-refractivity contribution in [1.29, 1.82) is 0 Å². The van der Waals surface area contributed by atoms with Gasteiger partial charge in [0.25, 0.3) is 0 Å². The van der Waals surface area contributed by atoms with E-state index in [9.17, 15) is 9.59 Å². The van der Waals surface area contributed by atoms with Crippen LogP contribution in [0.5, 0.6) is 0 Å². The Morgan fingerprint density at radius 2 is 1.83 bits per heavy atom. The van der Waals surface area contributed by atoms with E-state index < -0.39 is 18.0 Å². The number of aliphatic carboxylic acids is 1. The van der Waals surface area contributed by atoms with Crippen LogP contribution in [0.1, 0.15) is 25.5 Å². The molecule has 0 unspecified atom stereocenters. The number of urea groups is 1. The average Bonchev–Trinajstić information content (AvgIpc) is 2.25. The molecule has 0 aromatic heterocycles. The van der Waals surface area contributed by atoms with Gasteiger partial charge in [-0.3, -0.25) is 0 Å². The Morgan fingerprint density at radius 1 is 1.22 bits per heavy atom. The number of nitrogens with one attached hydrogen (secondary N) is 2. The SMILES string of the molecule is CC(C)NC(=O)N[C@@H](C(=O)O)c1ccccc1Cl. The van der Waals surface area contributed by atoms with Crippen molar-refractivity contribution >= 4 is 23.6 Å². The van der Waals surface area contributed by atoms with Crippen molar-refractivity contribution in [3.05, 3.63) is 34.9 Å². The third kappa shape index (κ3) is 3.92. The molecule has 0 aliphatic carbocycles. The van der Waals surface area contributed by atoms with E-state index in [1.807, 2.05) is 0 Å². The first-order chi connectivity index (χ1) is 8.41. The molecular weight excluding hydrogens is 256 g/mol. The maximum absolute atomic E-state index is 11.5. The van der Waals surface area contributed by atoms with Crippen LogP contribution in [0.25, 0.3) is 0 Å². The van der Waals surface area contributed by atoms with Crippen LogP contribution in [0.3, 0.4) is 0 Å². The largest absolute Gasteiger partial charge is 0.479 e. The summed E-state index contributed by atoms with van der Waals surface area (Å²) in [4.78, 5) is 22.7. The fourth-order valence-corrected chi connectivity index (χ4v) is 1.66. The normalized spacial score (nSPS) is 12.0. The molecule has 2 amide bonds. The first-order valence-electron chi connectivity index (χ1n) is 5.46. The number of carboxylic acids is 1. The molecule has 6 heteroatoms. The van der Waals surface area contributed by atoms with Gasteiger partial charge in [0.15, 0.2) is 6.04 Å². The molecule has 1 rings (SSSR count). The van der Waals surface area contributed by atoms with E-state index in [1.165, 1.54) is 0 Å². The summed E-state index contributed by atoms with van der Waals surface area (Å²) >= 11 is 5.92. The summed E-state index contributed by atoms with van der Waals surface area (Å²) in [6.45, 7) is 3.57. The molecule has 1 atom stereocenters. The van der Waals surface area contributed by atoms with Crippen LogP contribution in [0.15, 0.2) is 24.3 Å². The number of halogens is 1. The van der Waals surface area contributed by atoms with Gasteiger partial charge in [-0.25, -0.2) is 9.59 Å². The Hall–Kier alpha value is -1.75. The van der Waals surface area contributed by atoms with Crippen molar-refractivity contribution in [2.75, 3.05) is 0 Å². The highest BCUT2D eigenvalue weighted by Gasteiger charge is 2.24. The lowest BCUT2D eigenvalue weighted by atomic mass is 10.1. The highest BCUT2D eigenvalue weighted by atomic mass is 35.5. The zero-order valence-corrected chi connectivity index (χ0v) is 10.9. The molecule has 3 N–H and O–H groups in total. The van der Waals surface area contributed by atoms with Gasteiger partial charge in [0.1, 0.15) is 0 Å².